The number of halogens is 1. The van der Waals surface area contributed by atoms with Crippen LogP contribution in [0.15, 0.2) is 12.1 Å². The van der Waals surface area contributed by atoms with Crippen LogP contribution >= 0.6 is 15.9 Å². The van der Waals surface area contributed by atoms with E-state index in [1.807, 2.05) is 41.5 Å². The Morgan fingerprint density at radius 1 is 1.10 bits per heavy atom. The molecule has 0 saturated carbocycles. The van der Waals surface area contributed by atoms with Crippen molar-refractivity contribution in [2.24, 2.45) is 0 Å². The number of rotatable bonds is 3. The molecule has 112 valence electrons. The van der Waals surface area contributed by atoms with Gasteiger partial charge in [0.1, 0.15) is 0 Å². The highest BCUT2D eigenvalue weighted by Gasteiger charge is 2.30. The fourth-order valence-corrected chi connectivity index (χ4v) is 2.50. The smallest absolute Gasteiger partial charge is 0.173 e. The zero-order chi connectivity index (χ0) is 15.7. The molecule has 1 aromatic rings. The molecule has 0 heterocycles. The summed E-state index contributed by atoms with van der Waals surface area (Å²) in [5.74, 6) is 0.412. The van der Waals surface area contributed by atoms with Gasteiger partial charge in [0.15, 0.2) is 11.5 Å². The Kier molecular flexibility index (Phi) is 5.03. The predicted molar refractivity (Wildman–Crippen MR) is 85.2 cm³/mol. The van der Waals surface area contributed by atoms with Crippen LogP contribution in [0.3, 0.4) is 0 Å². The van der Waals surface area contributed by atoms with E-state index >= 15 is 0 Å². The Hall–Kier alpha value is -0.870. The second-order valence-corrected chi connectivity index (χ2v) is 7.60. The Morgan fingerprint density at radius 2 is 1.50 bits per heavy atom. The Bertz CT molecular complexity index is 472. The van der Waals surface area contributed by atoms with E-state index in [1.165, 1.54) is 0 Å². The first-order valence-corrected chi connectivity index (χ1v) is 7.74. The molecule has 0 amide bonds. The van der Waals surface area contributed by atoms with E-state index in [0.717, 1.165) is 16.7 Å². The summed E-state index contributed by atoms with van der Waals surface area (Å²) in [7, 11) is 0. The summed E-state index contributed by atoms with van der Waals surface area (Å²) in [5.41, 5.74) is 2.06. The first-order chi connectivity index (χ1) is 9.02. The zero-order valence-electron chi connectivity index (χ0n) is 13.0. The quantitative estimate of drug-likeness (QED) is 0.374. The van der Waals surface area contributed by atoms with Gasteiger partial charge in [-0.25, -0.2) is 5.26 Å². The van der Waals surface area contributed by atoms with Crippen LogP contribution in [0.1, 0.15) is 63.0 Å². The van der Waals surface area contributed by atoms with Crippen LogP contribution in [0.5, 0.6) is 5.75 Å². The molecule has 1 rings (SSSR count). The SMILES string of the molecule is CC(C)(C)c1cc(OO)cc(C(C)(C)C)c1C(=O)CBr. The highest BCUT2D eigenvalue weighted by Crippen LogP contribution is 2.37. The normalized spacial score (nSPS) is 12.4. The highest BCUT2D eigenvalue weighted by molar-refractivity contribution is 9.09. The molecule has 0 aliphatic carbocycles. The van der Waals surface area contributed by atoms with Gasteiger partial charge in [0, 0.05) is 5.56 Å². The van der Waals surface area contributed by atoms with E-state index < -0.39 is 0 Å². The number of hydrogen-bond acceptors (Lipinski definition) is 3. The summed E-state index contributed by atoms with van der Waals surface area (Å²) in [6.45, 7) is 12.3. The number of alkyl halides is 1. The number of ketones is 1. The molecule has 0 radical (unpaired) electrons. The minimum atomic E-state index is -0.221. The topological polar surface area (TPSA) is 46.5 Å². The van der Waals surface area contributed by atoms with Gasteiger partial charge in [0.25, 0.3) is 0 Å². The van der Waals surface area contributed by atoms with Crippen molar-refractivity contribution in [1.29, 1.82) is 0 Å². The minimum Gasteiger partial charge on any atom is -0.340 e. The second-order valence-electron chi connectivity index (χ2n) is 7.04. The lowest BCUT2D eigenvalue weighted by molar-refractivity contribution is -0.137. The van der Waals surface area contributed by atoms with Gasteiger partial charge in [-0.1, -0.05) is 57.5 Å². The van der Waals surface area contributed by atoms with Crippen LogP contribution in [-0.2, 0) is 10.8 Å². The number of Topliss-reactive ketones (excluding diaryl/α,β-unsaturated/α-hetero) is 1. The van der Waals surface area contributed by atoms with E-state index in [4.69, 9.17) is 5.26 Å². The van der Waals surface area contributed by atoms with Gasteiger partial charge in [0.2, 0.25) is 0 Å². The van der Waals surface area contributed by atoms with E-state index in [9.17, 15) is 4.79 Å². The third-order valence-corrected chi connectivity index (χ3v) is 3.74. The number of carbonyl (C=O) groups is 1. The van der Waals surface area contributed by atoms with E-state index in [-0.39, 0.29) is 21.9 Å². The van der Waals surface area contributed by atoms with Crippen molar-refractivity contribution >= 4 is 21.7 Å². The van der Waals surface area contributed by atoms with E-state index in [1.54, 1.807) is 12.1 Å². The van der Waals surface area contributed by atoms with Crippen LogP contribution in [0.4, 0.5) is 0 Å². The van der Waals surface area contributed by atoms with Gasteiger partial charge in [-0.3, -0.25) is 4.79 Å². The molecule has 0 unspecified atom stereocenters. The molecule has 0 saturated heterocycles. The predicted octanol–water partition coefficient (Wildman–Crippen LogP) is 4.71. The molecular formula is C16H23BrO3. The molecule has 0 aromatic heterocycles. The average Bonchev–Trinajstić information content (AvgIpc) is 2.34. The molecule has 0 aliphatic rings. The van der Waals surface area contributed by atoms with Crippen LogP contribution in [0, 0.1) is 0 Å². The van der Waals surface area contributed by atoms with Crippen molar-refractivity contribution in [3.63, 3.8) is 0 Å². The van der Waals surface area contributed by atoms with Crippen molar-refractivity contribution in [3.8, 4) is 5.75 Å². The monoisotopic (exact) mass is 342 g/mol. The number of benzene rings is 1. The lowest BCUT2D eigenvalue weighted by Crippen LogP contribution is -2.24. The molecule has 0 spiro atoms. The summed E-state index contributed by atoms with van der Waals surface area (Å²) in [4.78, 5) is 16.8. The maximum Gasteiger partial charge on any atom is 0.173 e. The molecule has 0 atom stereocenters. The molecule has 20 heavy (non-hydrogen) atoms. The van der Waals surface area contributed by atoms with Gasteiger partial charge in [-0.15, -0.1) is 0 Å². The third-order valence-electron chi connectivity index (χ3n) is 3.23. The summed E-state index contributed by atoms with van der Waals surface area (Å²) >= 11 is 3.26. The Labute approximate surface area is 129 Å². The summed E-state index contributed by atoms with van der Waals surface area (Å²) in [6.07, 6.45) is 0. The van der Waals surface area contributed by atoms with Crippen molar-refractivity contribution in [1.82, 2.24) is 0 Å². The van der Waals surface area contributed by atoms with Gasteiger partial charge >= 0.3 is 0 Å². The molecule has 1 aromatic carbocycles. The first-order valence-electron chi connectivity index (χ1n) is 6.62. The molecule has 0 fully saturated rings. The van der Waals surface area contributed by atoms with Crippen molar-refractivity contribution in [3.05, 3.63) is 28.8 Å². The Balaban J connectivity index is 3.77. The average molecular weight is 343 g/mol. The molecule has 0 bridgehead atoms. The molecule has 0 aliphatic heterocycles. The maximum absolute atomic E-state index is 12.4. The minimum absolute atomic E-state index is 0.0457. The highest BCUT2D eigenvalue weighted by atomic mass is 79.9. The summed E-state index contributed by atoms with van der Waals surface area (Å²) in [5, 5.41) is 9.29. The standard InChI is InChI=1S/C16H23BrO3/c1-15(2,3)11-7-10(20-19)8-12(16(4,5)6)14(11)13(18)9-17/h7-8,19H,9H2,1-6H3. The van der Waals surface area contributed by atoms with Crippen molar-refractivity contribution < 1.29 is 14.9 Å². The van der Waals surface area contributed by atoms with Crippen LogP contribution < -0.4 is 4.89 Å². The molecule has 1 N–H and O–H groups in total. The van der Waals surface area contributed by atoms with Crippen LogP contribution in [0.2, 0.25) is 0 Å². The number of hydrogen-bond donors (Lipinski definition) is 1. The zero-order valence-corrected chi connectivity index (χ0v) is 14.6. The van der Waals surface area contributed by atoms with Crippen LogP contribution in [-0.4, -0.2) is 16.4 Å². The third kappa shape index (κ3) is 3.61. The van der Waals surface area contributed by atoms with Gasteiger partial charge in [0.05, 0.1) is 5.33 Å². The van der Waals surface area contributed by atoms with Crippen LogP contribution in [0.25, 0.3) is 0 Å². The van der Waals surface area contributed by atoms with E-state index in [0.29, 0.717) is 5.75 Å². The van der Waals surface area contributed by atoms with Crippen molar-refractivity contribution in [2.45, 2.75) is 52.4 Å². The van der Waals surface area contributed by atoms with Gasteiger partial charge in [-0.2, -0.15) is 0 Å². The number of carbonyl (C=O) groups excluding carboxylic acids is 1. The summed E-state index contributed by atoms with van der Waals surface area (Å²) in [6, 6.07) is 3.48. The molecule has 4 heteroatoms. The fourth-order valence-electron chi connectivity index (χ4n) is 2.22. The lowest BCUT2D eigenvalue weighted by Gasteiger charge is -2.29. The van der Waals surface area contributed by atoms with Gasteiger partial charge < -0.3 is 4.89 Å². The van der Waals surface area contributed by atoms with Crippen molar-refractivity contribution in [2.75, 3.05) is 5.33 Å². The van der Waals surface area contributed by atoms with Gasteiger partial charge in [-0.05, 0) is 34.1 Å². The Morgan fingerprint density at radius 3 is 1.75 bits per heavy atom. The second kappa shape index (κ2) is 5.86. The summed E-state index contributed by atoms with van der Waals surface area (Å²) < 4.78 is 0. The molecular weight excluding hydrogens is 320 g/mol. The first kappa shape index (κ1) is 17.2. The van der Waals surface area contributed by atoms with E-state index in [2.05, 4.69) is 20.8 Å². The maximum atomic E-state index is 12.4. The largest absolute Gasteiger partial charge is 0.340 e. The lowest BCUT2D eigenvalue weighted by atomic mass is 9.75. The fraction of sp³-hybridized carbons (Fsp3) is 0.562. The molecule has 3 nitrogen and oxygen atoms in total.